The summed E-state index contributed by atoms with van der Waals surface area (Å²) in [6, 6.07) is 10.1. The molecule has 43 heavy (non-hydrogen) atoms. The molecule has 6 rings (SSSR count). The van der Waals surface area contributed by atoms with E-state index < -0.39 is 24.1 Å². The molecule has 14 heteroatoms. The maximum Gasteiger partial charge on any atom is 0.573 e. The Kier molecular flexibility index (Phi) is 7.26. The monoisotopic (exact) mass is 594 g/mol. The van der Waals surface area contributed by atoms with Crippen molar-refractivity contribution in [3.8, 4) is 23.3 Å². The molecule has 222 valence electrons. The van der Waals surface area contributed by atoms with Crippen molar-refractivity contribution >= 4 is 17.7 Å². The molecule has 2 fully saturated rings. The molecule has 4 heterocycles. The molecule has 0 bridgehead atoms. The number of nitrogens with one attached hydrogen (secondary N) is 1. The summed E-state index contributed by atoms with van der Waals surface area (Å²) in [5.74, 6) is -1.01. The fraction of sp³-hybridized carbons (Fsp3) is 0.345. The van der Waals surface area contributed by atoms with E-state index in [0.717, 1.165) is 30.2 Å². The van der Waals surface area contributed by atoms with Gasteiger partial charge in [0.1, 0.15) is 29.7 Å². The van der Waals surface area contributed by atoms with E-state index in [9.17, 15) is 27.6 Å². The van der Waals surface area contributed by atoms with Crippen LogP contribution in [0.3, 0.4) is 0 Å². The second kappa shape index (κ2) is 11.1. The van der Waals surface area contributed by atoms with E-state index in [1.807, 2.05) is 6.07 Å². The lowest BCUT2D eigenvalue weighted by molar-refractivity contribution is -0.274. The van der Waals surface area contributed by atoms with E-state index in [1.54, 1.807) is 30.6 Å². The molecule has 2 atom stereocenters. The molecule has 1 aromatic heterocycles. The van der Waals surface area contributed by atoms with Crippen LogP contribution in [0.25, 0.3) is 5.69 Å². The van der Waals surface area contributed by atoms with Crippen molar-refractivity contribution in [2.45, 2.75) is 50.9 Å². The Morgan fingerprint density at radius 3 is 2.72 bits per heavy atom. The summed E-state index contributed by atoms with van der Waals surface area (Å²) in [7, 11) is 0. The number of halogens is 3. The van der Waals surface area contributed by atoms with E-state index >= 15 is 0 Å². The van der Waals surface area contributed by atoms with Gasteiger partial charge < -0.3 is 14.4 Å². The zero-order valence-electron chi connectivity index (χ0n) is 22.6. The minimum atomic E-state index is -4.93. The van der Waals surface area contributed by atoms with Crippen LogP contribution in [0.2, 0.25) is 0 Å². The van der Waals surface area contributed by atoms with E-state index in [1.165, 1.54) is 21.7 Å². The van der Waals surface area contributed by atoms with Crippen molar-refractivity contribution < 1.29 is 37.0 Å². The van der Waals surface area contributed by atoms with Gasteiger partial charge in [-0.2, -0.15) is 10.4 Å². The minimum absolute atomic E-state index is 0.1000. The van der Waals surface area contributed by atoms with Crippen LogP contribution in [0.15, 0.2) is 48.8 Å². The Labute approximate surface area is 243 Å². The quantitative estimate of drug-likeness (QED) is 0.414. The standard InChI is InChI=1S/C29H25F3N6O5/c30-29(31,32)43-25-10-20(2-1-18(25)11-33)38-14-17(12-34-38)13-36-8-7-22(16-36)42-21-3-4-23-19(9-21)15-37(28(23)41)24-5-6-26(39)35-27(24)40/h1-4,9-10,12,14,22,24H,5-8,13,15-16H2,(H,35,39,40)/t22-,24?/m0/s1. The first-order valence-corrected chi connectivity index (χ1v) is 13.6. The van der Waals surface area contributed by atoms with Gasteiger partial charge in [0.25, 0.3) is 5.91 Å². The Morgan fingerprint density at radius 1 is 1.12 bits per heavy atom. The topological polar surface area (TPSA) is 130 Å². The number of benzene rings is 2. The minimum Gasteiger partial charge on any atom is -0.489 e. The third kappa shape index (κ3) is 6.02. The second-order valence-electron chi connectivity index (χ2n) is 10.6. The van der Waals surface area contributed by atoms with Crippen LogP contribution in [0.4, 0.5) is 13.2 Å². The normalized spacial score (nSPS) is 20.6. The van der Waals surface area contributed by atoms with Gasteiger partial charge in [-0.3, -0.25) is 24.6 Å². The lowest BCUT2D eigenvalue weighted by atomic mass is 10.0. The Hall–Kier alpha value is -4.90. The van der Waals surface area contributed by atoms with Gasteiger partial charge in [-0.05, 0) is 48.7 Å². The molecule has 3 amide bonds. The Morgan fingerprint density at radius 2 is 1.95 bits per heavy atom. The third-order valence-electron chi connectivity index (χ3n) is 7.65. The molecule has 0 radical (unpaired) electrons. The lowest BCUT2D eigenvalue weighted by Crippen LogP contribution is -2.52. The van der Waals surface area contributed by atoms with Gasteiger partial charge in [0.05, 0.1) is 17.4 Å². The summed E-state index contributed by atoms with van der Waals surface area (Å²) in [4.78, 5) is 40.4. The number of nitriles is 1. The number of fused-ring (bicyclic) bond motifs is 1. The van der Waals surface area contributed by atoms with E-state index in [0.29, 0.717) is 36.5 Å². The number of hydrogen-bond acceptors (Lipinski definition) is 8. The zero-order valence-corrected chi connectivity index (χ0v) is 22.6. The number of piperidine rings is 1. The maximum atomic E-state index is 12.9. The van der Waals surface area contributed by atoms with Crippen molar-refractivity contribution in [1.82, 2.24) is 24.9 Å². The molecule has 3 aliphatic heterocycles. The smallest absolute Gasteiger partial charge is 0.489 e. The first-order valence-electron chi connectivity index (χ1n) is 13.6. The largest absolute Gasteiger partial charge is 0.573 e. The van der Waals surface area contributed by atoms with E-state index in [2.05, 4.69) is 20.1 Å². The highest BCUT2D eigenvalue weighted by Crippen LogP contribution is 2.32. The number of imide groups is 1. The van der Waals surface area contributed by atoms with Crippen LogP contribution < -0.4 is 14.8 Å². The molecule has 2 saturated heterocycles. The number of carbonyl (C=O) groups is 3. The SMILES string of the molecule is N#Cc1ccc(-n2cc(CN3CC[C@H](Oc4ccc5c(c4)CN(C4CCC(=O)NC4=O)C5=O)C3)cn2)cc1OC(F)(F)F. The molecule has 1 N–H and O–H groups in total. The average molecular weight is 595 g/mol. The molecule has 2 aromatic carbocycles. The molecule has 11 nitrogen and oxygen atoms in total. The average Bonchev–Trinajstić information content (AvgIpc) is 3.68. The highest BCUT2D eigenvalue weighted by atomic mass is 19.4. The number of ether oxygens (including phenoxy) is 2. The van der Waals surface area contributed by atoms with Crippen LogP contribution in [0, 0.1) is 11.3 Å². The fourth-order valence-electron chi connectivity index (χ4n) is 5.65. The molecule has 3 aromatic rings. The Balaban J connectivity index is 1.06. The summed E-state index contributed by atoms with van der Waals surface area (Å²) in [5, 5.41) is 15.7. The van der Waals surface area contributed by atoms with Crippen LogP contribution in [-0.4, -0.2) is 68.9 Å². The van der Waals surface area contributed by atoms with Gasteiger partial charge in [-0.1, -0.05) is 0 Å². The van der Waals surface area contributed by atoms with Crippen molar-refractivity contribution in [3.05, 3.63) is 71.0 Å². The Bertz CT molecular complexity index is 1650. The van der Waals surface area contributed by atoms with Crippen molar-refractivity contribution in [1.29, 1.82) is 5.26 Å². The number of nitrogens with zero attached hydrogens (tertiary/aromatic N) is 5. The van der Waals surface area contributed by atoms with Gasteiger partial charge in [-0.15, -0.1) is 13.2 Å². The van der Waals surface area contributed by atoms with Crippen LogP contribution >= 0.6 is 0 Å². The number of rotatable bonds is 7. The van der Waals surface area contributed by atoms with Gasteiger partial charge in [-0.25, -0.2) is 4.68 Å². The number of likely N-dealkylation sites (tertiary alicyclic amines) is 1. The summed E-state index contributed by atoms with van der Waals surface area (Å²) in [5.41, 5.74) is 2.20. The van der Waals surface area contributed by atoms with E-state index in [-0.39, 0.29) is 36.4 Å². The number of amides is 3. The molecule has 0 aliphatic carbocycles. The summed E-state index contributed by atoms with van der Waals surface area (Å²) in [6.07, 6.45) is -0.442. The van der Waals surface area contributed by atoms with Crippen LogP contribution in [0.5, 0.6) is 11.5 Å². The lowest BCUT2D eigenvalue weighted by Gasteiger charge is -2.29. The van der Waals surface area contributed by atoms with Crippen molar-refractivity contribution in [3.63, 3.8) is 0 Å². The number of alkyl halides is 3. The van der Waals surface area contributed by atoms with Gasteiger partial charge in [0.2, 0.25) is 11.8 Å². The summed E-state index contributed by atoms with van der Waals surface area (Å²) in [6.45, 7) is 2.19. The van der Waals surface area contributed by atoms with Crippen molar-refractivity contribution in [2.24, 2.45) is 0 Å². The molecule has 0 spiro atoms. The molecule has 3 aliphatic rings. The predicted molar refractivity (Wildman–Crippen MR) is 142 cm³/mol. The number of carbonyl (C=O) groups excluding carboxylic acids is 3. The first kappa shape index (κ1) is 28.2. The number of hydrogen-bond donors (Lipinski definition) is 1. The second-order valence-corrected chi connectivity index (χ2v) is 10.6. The number of aromatic nitrogens is 2. The van der Waals surface area contributed by atoms with Crippen LogP contribution in [-0.2, 0) is 22.7 Å². The molecule has 1 unspecified atom stereocenters. The molecule has 0 saturated carbocycles. The van der Waals surface area contributed by atoms with Gasteiger partial charge in [0, 0.05) is 56.0 Å². The van der Waals surface area contributed by atoms with Crippen LogP contribution in [0.1, 0.15) is 46.3 Å². The highest BCUT2D eigenvalue weighted by Gasteiger charge is 2.39. The maximum absolute atomic E-state index is 12.9. The van der Waals surface area contributed by atoms with Gasteiger partial charge in [0.15, 0.2) is 0 Å². The van der Waals surface area contributed by atoms with Gasteiger partial charge >= 0.3 is 6.36 Å². The summed E-state index contributed by atoms with van der Waals surface area (Å²) >= 11 is 0. The zero-order chi connectivity index (χ0) is 30.3. The first-order chi connectivity index (χ1) is 20.6. The predicted octanol–water partition coefficient (Wildman–Crippen LogP) is 3.06. The highest BCUT2D eigenvalue weighted by molar-refractivity contribution is 6.05. The fourth-order valence-corrected chi connectivity index (χ4v) is 5.65. The molecular weight excluding hydrogens is 569 g/mol. The van der Waals surface area contributed by atoms with E-state index in [4.69, 9.17) is 10.00 Å². The molecular formula is C29H25F3N6O5. The third-order valence-corrected chi connectivity index (χ3v) is 7.65. The van der Waals surface area contributed by atoms with Crippen molar-refractivity contribution in [2.75, 3.05) is 13.1 Å². The summed E-state index contributed by atoms with van der Waals surface area (Å²) < 4.78 is 49.9.